The number of hydrogen-bond acceptors (Lipinski definition) is 3. The monoisotopic (exact) mass is 518 g/mol. The van der Waals surface area contributed by atoms with Gasteiger partial charge in [-0.3, -0.25) is 4.79 Å². The van der Waals surface area contributed by atoms with Crippen LogP contribution in [-0.2, 0) is 9.22 Å². The van der Waals surface area contributed by atoms with Gasteiger partial charge >= 0.3 is 0 Å². The third-order valence-electron chi connectivity index (χ3n) is 11.5. The summed E-state index contributed by atoms with van der Waals surface area (Å²) in [7, 11) is -2.03. The van der Waals surface area contributed by atoms with Crippen molar-refractivity contribution in [3.05, 3.63) is 60.7 Å². The summed E-state index contributed by atoms with van der Waals surface area (Å²) in [6, 6.07) is 21.5. The van der Waals surface area contributed by atoms with Gasteiger partial charge in [-0.15, -0.1) is 0 Å². The zero-order chi connectivity index (χ0) is 26.4. The third kappa shape index (κ3) is 4.18. The maximum absolute atomic E-state index is 14.3. The second kappa shape index (κ2) is 10.1. The van der Waals surface area contributed by atoms with Crippen LogP contribution in [0.25, 0.3) is 0 Å². The summed E-state index contributed by atoms with van der Waals surface area (Å²) < 4.78 is 7.54. The maximum Gasteiger partial charge on any atom is 0.240 e. The van der Waals surface area contributed by atoms with E-state index in [-0.39, 0.29) is 35.4 Å². The average Bonchev–Trinajstić information content (AvgIpc) is 3.33. The first-order chi connectivity index (χ1) is 17.7. The topological polar surface area (TPSA) is 46.5 Å². The van der Waals surface area contributed by atoms with Gasteiger partial charge in [0.25, 0.3) is 0 Å². The van der Waals surface area contributed by atoms with Crippen LogP contribution in [0.2, 0.25) is 0 Å². The molecule has 0 spiro atoms. The molecule has 200 valence electrons. The largest absolute Gasteiger partial charge is 0.407 e. The maximum atomic E-state index is 14.3. The summed E-state index contributed by atoms with van der Waals surface area (Å²) in [5.74, 6) is 1.49. The van der Waals surface area contributed by atoms with Gasteiger partial charge in [-0.25, -0.2) is 0 Å². The summed E-state index contributed by atoms with van der Waals surface area (Å²) in [4.78, 5) is 14.3. The zero-order valence-electron chi connectivity index (χ0n) is 23.5. The summed E-state index contributed by atoms with van der Waals surface area (Å²) in [6.45, 7) is 11.7. The minimum Gasteiger partial charge on any atom is -0.407 e. The normalized spacial score (nSPS) is 39.8. The predicted molar refractivity (Wildman–Crippen MR) is 154 cm³/mol. The van der Waals surface area contributed by atoms with Crippen LogP contribution in [0.4, 0.5) is 0 Å². The molecule has 0 amide bonds. The molecule has 2 bridgehead atoms. The molecule has 8 atom stereocenters. The number of hydrogen-bond donors (Lipinski definition) is 1. The minimum absolute atomic E-state index is 0.0270. The van der Waals surface area contributed by atoms with Crippen LogP contribution in [-0.4, -0.2) is 32.6 Å². The van der Waals surface area contributed by atoms with E-state index in [1.165, 1.54) is 10.4 Å². The Morgan fingerprint density at radius 2 is 1.51 bits per heavy atom. The Labute approximate surface area is 225 Å². The molecule has 0 radical (unpaired) electrons. The lowest BCUT2D eigenvalue weighted by atomic mass is 9.43. The van der Waals surface area contributed by atoms with Gasteiger partial charge in [0.15, 0.2) is 0 Å². The van der Waals surface area contributed by atoms with Gasteiger partial charge in [-0.2, -0.15) is 0 Å². The molecule has 5 rings (SSSR count). The van der Waals surface area contributed by atoms with Gasteiger partial charge < -0.3 is 9.53 Å². The van der Waals surface area contributed by atoms with Gasteiger partial charge in [0.1, 0.15) is 5.78 Å². The van der Waals surface area contributed by atoms with E-state index in [9.17, 15) is 9.90 Å². The van der Waals surface area contributed by atoms with Gasteiger partial charge in [0, 0.05) is 17.9 Å². The quantitative estimate of drug-likeness (QED) is 0.523. The van der Waals surface area contributed by atoms with Crippen molar-refractivity contribution in [2.45, 2.75) is 79.2 Å². The molecule has 3 aliphatic rings. The fourth-order valence-corrected chi connectivity index (χ4v) is 11.5. The number of benzene rings is 2. The lowest BCUT2D eigenvalue weighted by Gasteiger charge is -2.63. The van der Waals surface area contributed by atoms with Gasteiger partial charge in [0.2, 0.25) is 9.04 Å². The third-order valence-corrected chi connectivity index (χ3v) is 14.1. The van der Waals surface area contributed by atoms with Crippen LogP contribution < -0.4 is 10.4 Å². The number of rotatable bonds is 6. The Morgan fingerprint density at radius 3 is 2.05 bits per heavy atom. The Hall–Kier alpha value is -1.75. The van der Waals surface area contributed by atoms with E-state index in [0.717, 1.165) is 38.5 Å². The molecule has 1 N–H and O–H groups in total. The number of aliphatic hydroxyl groups excluding tert-OH is 1. The molecule has 0 saturated heterocycles. The number of carbonyl (C=O) groups excluding carboxylic acids is 1. The Bertz CT molecular complexity index is 1050. The van der Waals surface area contributed by atoms with E-state index in [4.69, 9.17) is 4.43 Å². The van der Waals surface area contributed by atoms with Crippen LogP contribution in [0.5, 0.6) is 0 Å². The van der Waals surface area contributed by atoms with E-state index in [2.05, 4.69) is 95.3 Å². The Balaban J connectivity index is 1.68. The van der Waals surface area contributed by atoms with Crippen molar-refractivity contribution in [2.75, 3.05) is 6.61 Å². The van der Waals surface area contributed by atoms with E-state index in [1.807, 2.05) is 0 Å². The fourth-order valence-electron chi connectivity index (χ4n) is 8.97. The minimum atomic E-state index is -2.03. The smallest absolute Gasteiger partial charge is 0.240 e. The second-order valence-electron chi connectivity index (χ2n) is 13.0. The molecular formula is C33H46O3Si. The van der Waals surface area contributed by atoms with Gasteiger partial charge in [-0.05, 0) is 77.5 Å². The van der Waals surface area contributed by atoms with Crippen molar-refractivity contribution in [3.8, 4) is 0 Å². The molecule has 2 aromatic carbocycles. The first-order valence-electron chi connectivity index (χ1n) is 14.6. The van der Waals surface area contributed by atoms with E-state index >= 15 is 0 Å². The van der Waals surface area contributed by atoms with Gasteiger partial charge in [0.05, 0.1) is 6.10 Å². The Kier molecular flexibility index (Phi) is 7.32. The Morgan fingerprint density at radius 1 is 0.946 bits per heavy atom. The highest BCUT2D eigenvalue weighted by Gasteiger charge is 2.67. The summed E-state index contributed by atoms with van der Waals surface area (Å²) in [5.41, 5.74) is -0.521. The highest BCUT2D eigenvalue weighted by atomic mass is 28.3. The predicted octanol–water partition coefficient (Wildman–Crippen LogP) is 5.38. The van der Waals surface area contributed by atoms with E-state index in [1.54, 1.807) is 0 Å². The highest BCUT2D eigenvalue weighted by Crippen LogP contribution is 2.69. The van der Waals surface area contributed by atoms with E-state index < -0.39 is 14.5 Å². The van der Waals surface area contributed by atoms with Crippen molar-refractivity contribution in [2.24, 2.45) is 39.9 Å². The number of aliphatic hydroxyl groups is 1. The van der Waals surface area contributed by atoms with Crippen molar-refractivity contribution >= 4 is 25.2 Å². The average molecular weight is 519 g/mol. The van der Waals surface area contributed by atoms with Crippen molar-refractivity contribution in [3.63, 3.8) is 0 Å². The molecule has 3 fully saturated rings. The van der Waals surface area contributed by atoms with Crippen LogP contribution in [0.1, 0.15) is 73.1 Å². The molecule has 3 aliphatic carbocycles. The van der Waals surface area contributed by atoms with Crippen LogP contribution in [0, 0.1) is 39.9 Å². The molecule has 0 aromatic heterocycles. The van der Waals surface area contributed by atoms with Crippen LogP contribution >= 0.6 is 0 Å². The van der Waals surface area contributed by atoms with E-state index in [0.29, 0.717) is 17.6 Å². The summed E-state index contributed by atoms with van der Waals surface area (Å²) >= 11 is 0. The van der Waals surface area contributed by atoms with Crippen molar-refractivity contribution in [1.29, 1.82) is 0 Å². The highest BCUT2D eigenvalue weighted by molar-refractivity contribution is 6.80. The lowest BCUT2D eigenvalue weighted by molar-refractivity contribution is -0.180. The van der Waals surface area contributed by atoms with Gasteiger partial charge in [-0.1, -0.05) is 95.3 Å². The fraction of sp³-hybridized carbons (Fsp3) is 0.606. The standard InChI is InChI=1S/C33H46O3Si/c1-6-31(4)21-28(36-37(26-13-9-7-10-14-26)27-15-11-8-12-16-27)32(5)23(2)17-19-33(24(3)30(31)35)20-18-25(22-34)29(32)33/h7-16,23-25,28-29,34,37H,6,17-22H2,1-5H3/t23-,24-,25+,28-,29?,31-,32+,33+/m1/s1. The number of Topliss-reactive ketones (excluding diaryl/α,β-unsaturated/α-hetero) is 1. The van der Waals surface area contributed by atoms with Crippen LogP contribution in [0.15, 0.2) is 60.7 Å². The van der Waals surface area contributed by atoms with Crippen LogP contribution in [0.3, 0.4) is 0 Å². The molecule has 3 saturated carbocycles. The van der Waals surface area contributed by atoms with Crippen molar-refractivity contribution in [1.82, 2.24) is 0 Å². The second-order valence-corrected chi connectivity index (χ2v) is 15.4. The number of ketones is 1. The molecule has 4 heteroatoms. The zero-order valence-corrected chi connectivity index (χ0v) is 24.6. The molecule has 0 aliphatic heterocycles. The summed E-state index contributed by atoms with van der Waals surface area (Å²) in [6.07, 6.45) is 5.89. The molecule has 3 nitrogen and oxygen atoms in total. The first-order valence-corrected chi connectivity index (χ1v) is 16.2. The number of carbonyl (C=O) groups is 1. The SMILES string of the molecule is CC[C@]1(C)C[C@@H](O[SiH](c2ccccc2)c2ccccc2)[C@@]2(C)C3[C@H](CO)CC[C@@]3(CC[C@H]2C)[C@H](C)C1=O. The first kappa shape index (κ1) is 26.8. The molecular weight excluding hydrogens is 472 g/mol. The molecule has 0 heterocycles. The molecule has 2 aromatic rings. The van der Waals surface area contributed by atoms with Crippen molar-refractivity contribution < 1.29 is 14.3 Å². The summed E-state index contributed by atoms with van der Waals surface area (Å²) in [5, 5.41) is 13.2. The molecule has 1 unspecified atom stereocenters. The molecule has 37 heavy (non-hydrogen) atoms. The lowest BCUT2D eigenvalue weighted by Crippen LogP contribution is -2.64.